The predicted molar refractivity (Wildman–Crippen MR) is 106 cm³/mol. The smallest absolute Gasteiger partial charge is 0.0619 e. The fraction of sp³-hybridized carbons (Fsp3) is 0.0476. The molecule has 0 spiro atoms. The van der Waals surface area contributed by atoms with Crippen LogP contribution in [0.15, 0.2) is 83.3 Å². The molecule has 0 radical (unpaired) electrons. The highest BCUT2D eigenvalue weighted by atomic mass is 79.9. The summed E-state index contributed by atoms with van der Waals surface area (Å²) in [6.45, 7) is 2.13. The Morgan fingerprint density at radius 1 is 0.739 bits per heavy atom. The van der Waals surface area contributed by atoms with Crippen LogP contribution in [0.4, 0.5) is 0 Å². The van der Waals surface area contributed by atoms with Gasteiger partial charge >= 0.3 is 0 Å². The van der Waals surface area contributed by atoms with E-state index in [9.17, 15) is 0 Å². The van der Waals surface area contributed by atoms with E-state index in [1.54, 1.807) is 0 Å². The quantitative estimate of drug-likeness (QED) is 0.320. The highest BCUT2D eigenvalue weighted by molar-refractivity contribution is 9.10. The molecule has 0 aliphatic heterocycles. The van der Waals surface area contributed by atoms with E-state index in [4.69, 9.17) is 0 Å². The van der Waals surface area contributed by atoms with Crippen LogP contribution in [0.2, 0.25) is 0 Å². The van der Waals surface area contributed by atoms with Gasteiger partial charge in [-0.2, -0.15) is 0 Å². The van der Waals surface area contributed by atoms with E-state index < -0.39 is 0 Å². The van der Waals surface area contributed by atoms with Gasteiger partial charge in [0.05, 0.1) is 9.86 Å². The van der Waals surface area contributed by atoms with Gasteiger partial charge in [0, 0.05) is 16.0 Å². The van der Waals surface area contributed by atoms with Crippen LogP contribution in [0.1, 0.15) is 5.56 Å². The molecule has 0 saturated carbocycles. The van der Waals surface area contributed by atoms with Gasteiger partial charge in [0.2, 0.25) is 4.88 Å². The Hall–Kier alpha value is -1.90. The number of benzene rings is 3. The van der Waals surface area contributed by atoms with E-state index in [0.29, 0.717) is 0 Å². The molecule has 1 atom stereocenters. The van der Waals surface area contributed by atoms with Crippen LogP contribution in [0.3, 0.4) is 0 Å². The maximum absolute atomic E-state index is 3.88. The number of thiophene rings is 1. The molecule has 23 heavy (non-hydrogen) atoms. The van der Waals surface area contributed by atoms with Gasteiger partial charge in [0.1, 0.15) is 0 Å². The summed E-state index contributed by atoms with van der Waals surface area (Å²) < 4.78 is 2.63. The Labute approximate surface area is 147 Å². The number of fused-ring (bicyclic) bond motifs is 1. The molecule has 1 heterocycles. The fourth-order valence-electron chi connectivity index (χ4n) is 2.90. The first-order valence-electron chi connectivity index (χ1n) is 7.61. The molecule has 1 unspecified atom stereocenters. The molecule has 0 N–H and O–H groups in total. The molecule has 0 nitrogen and oxygen atoms in total. The van der Waals surface area contributed by atoms with E-state index in [2.05, 4.69) is 102 Å². The highest BCUT2D eigenvalue weighted by Gasteiger charge is 2.28. The van der Waals surface area contributed by atoms with E-state index in [1.165, 1.54) is 35.5 Å². The van der Waals surface area contributed by atoms with Crippen molar-refractivity contribution >= 4 is 36.5 Å². The van der Waals surface area contributed by atoms with Crippen molar-refractivity contribution in [2.45, 2.75) is 6.92 Å². The minimum absolute atomic E-state index is 0.0583. The molecule has 1 aromatic heterocycles. The number of aryl methyl sites for hydroxylation is 1. The summed E-state index contributed by atoms with van der Waals surface area (Å²) in [5, 5.41) is 1.32. The molecule has 0 bridgehead atoms. The molecule has 2 heteroatoms. The lowest BCUT2D eigenvalue weighted by Crippen LogP contribution is -1.78. The molecule has 0 fully saturated rings. The zero-order valence-corrected chi connectivity index (χ0v) is 15.2. The zero-order valence-electron chi connectivity index (χ0n) is 12.8. The van der Waals surface area contributed by atoms with Crippen molar-refractivity contribution in [3.8, 4) is 15.3 Å². The number of halogens is 1. The zero-order chi connectivity index (χ0) is 15.8. The summed E-state index contributed by atoms with van der Waals surface area (Å²) >= 11 is 3.88. The average molecular weight is 380 g/mol. The summed E-state index contributed by atoms with van der Waals surface area (Å²) in [5.41, 5.74) is 2.59. The topological polar surface area (TPSA) is 0 Å². The highest BCUT2D eigenvalue weighted by Crippen LogP contribution is 2.53. The van der Waals surface area contributed by atoms with Gasteiger partial charge in [-0.05, 0) is 59.3 Å². The SMILES string of the molecule is Cc1ccc(-c2c(Br)c3ccccc3[s+]2-c2ccccc2)cc1. The molecule has 4 rings (SSSR count). The predicted octanol–water partition coefficient (Wildman–Crippen LogP) is 7.32. The van der Waals surface area contributed by atoms with E-state index in [0.717, 1.165) is 0 Å². The first-order valence-corrected chi connectivity index (χ1v) is 9.63. The third-order valence-corrected chi connectivity index (χ3v) is 7.51. The molecule has 112 valence electrons. The second-order valence-electron chi connectivity index (χ2n) is 5.62. The summed E-state index contributed by atoms with van der Waals surface area (Å²) in [4.78, 5) is 2.75. The molecule has 0 saturated heterocycles. The van der Waals surface area contributed by atoms with Gasteiger partial charge in [0.25, 0.3) is 0 Å². The molecule has 0 aliphatic carbocycles. The van der Waals surface area contributed by atoms with Crippen LogP contribution in [0.25, 0.3) is 25.4 Å². The van der Waals surface area contributed by atoms with Gasteiger partial charge in [-0.1, -0.05) is 48.0 Å². The van der Waals surface area contributed by atoms with E-state index >= 15 is 0 Å². The monoisotopic (exact) mass is 379 g/mol. The Balaban J connectivity index is 2.10. The van der Waals surface area contributed by atoms with Crippen molar-refractivity contribution in [2.24, 2.45) is 0 Å². The minimum Gasteiger partial charge on any atom is -0.0619 e. The van der Waals surface area contributed by atoms with E-state index in [-0.39, 0.29) is 10.5 Å². The molecule has 0 aliphatic rings. The van der Waals surface area contributed by atoms with Crippen LogP contribution in [0, 0.1) is 6.92 Å². The Kier molecular flexibility index (Phi) is 3.80. The fourth-order valence-corrected chi connectivity index (χ4v) is 6.49. The molecule has 3 aromatic carbocycles. The van der Waals surface area contributed by atoms with Gasteiger partial charge in [-0.25, -0.2) is 0 Å². The number of rotatable bonds is 2. The largest absolute Gasteiger partial charge is 0.201 e. The minimum atomic E-state index is -0.0583. The van der Waals surface area contributed by atoms with Crippen molar-refractivity contribution in [1.82, 2.24) is 0 Å². The van der Waals surface area contributed by atoms with Crippen molar-refractivity contribution in [3.63, 3.8) is 0 Å². The molecule has 4 aromatic rings. The standard InChI is InChI=1S/C21H16BrS/c1-15-11-13-16(14-12-15)21-20(22)18-9-5-6-10-19(18)23(21)17-7-3-2-4-8-17/h2-14H,1H3/q+1. The summed E-state index contributed by atoms with van der Waals surface area (Å²) in [6.07, 6.45) is 0. The van der Waals surface area contributed by atoms with Gasteiger partial charge in [0.15, 0.2) is 9.60 Å². The Bertz CT molecular complexity index is 966. The maximum Gasteiger partial charge on any atom is 0.201 e. The molecular formula is C21H16BrS+. The number of hydrogen-bond acceptors (Lipinski definition) is 0. The third kappa shape index (κ3) is 2.52. The summed E-state index contributed by atoms with van der Waals surface area (Å²) in [7, 11) is -0.0583. The summed E-state index contributed by atoms with van der Waals surface area (Å²) in [5.74, 6) is 0. The van der Waals surface area contributed by atoms with Crippen molar-refractivity contribution in [3.05, 3.63) is 88.9 Å². The van der Waals surface area contributed by atoms with Gasteiger partial charge in [-0.15, -0.1) is 0 Å². The van der Waals surface area contributed by atoms with Crippen LogP contribution >= 0.6 is 26.4 Å². The van der Waals surface area contributed by atoms with Crippen LogP contribution in [-0.2, 0) is 0 Å². The lowest BCUT2D eigenvalue weighted by atomic mass is 10.1. The first kappa shape index (κ1) is 14.7. The lowest BCUT2D eigenvalue weighted by molar-refractivity contribution is 1.48. The Morgan fingerprint density at radius 2 is 1.39 bits per heavy atom. The van der Waals surface area contributed by atoms with Crippen molar-refractivity contribution < 1.29 is 0 Å². The molecular weight excluding hydrogens is 364 g/mol. The van der Waals surface area contributed by atoms with Crippen molar-refractivity contribution in [1.29, 1.82) is 0 Å². The Morgan fingerprint density at radius 3 is 2.13 bits per heavy atom. The first-order chi connectivity index (χ1) is 11.3. The van der Waals surface area contributed by atoms with Crippen LogP contribution in [0.5, 0.6) is 0 Å². The average Bonchev–Trinajstić information content (AvgIpc) is 2.90. The second-order valence-corrected chi connectivity index (χ2v) is 8.35. The van der Waals surface area contributed by atoms with Gasteiger partial charge < -0.3 is 0 Å². The van der Waals surface area contributed by atoms with Crippen LogP contribution in [-0.4, -0.2) is 0 Å². The lowest BCUT2D eigenvalue weighted by Gasteiger charge is -2.00. The number of hydrogen-bond donors (Lipinski definition) is 0. The van der Waals surface area contributed by atoms with Crippen molar-refractivity contribution in [2.75, 3.05) is 0 Å². The van der Waals surface area contributed by atoms with Crippen LogP contribution < -0.4 is 0 Å². The molecule has 0 amide bonds. The maximum atomic E-state index is 3.88. The third-order valence-electron chi connectivity index (χ3n) is 4.04. The normalized spacial score (nSPS) is 11.8. The second kappa shape index (κ2) is 5.95. The summed E-state index contributed by atoms with van der Waals surface area (Å²) in [6, 6.07) is 28.4. The van der Waals surface area contributed by atoms with Gasteiger partial charge in [-0.3, -0.25) is 0 Å². The van der Waals surface area contributed by atoms with E-state index in [1.807, 2.05) is 0 Å².